The first-order chi connectivity index (χ1) is 6.64. The molecule has 3 N–H and O–H groups in total. The number of hydrogen-bond acceptors (Lipinski definition) is 3. The summed E-state index contributed by atoms with van der Waals surface area (Å²) in [6.07, 6.45) is 2.75. The van der Waals surface area contributed by atoms with Gasteiger partial charge in [0.15, 0.2) is 0 Å². The number of rotatable bonds is 5. The van der Waals surface area contributed by atoms with Crippen molar-refractivity contribution in [1.82, 2.24) is 14.8 Å². The van der Waals surface area contributed by atoms with Crippen LogP contribution in [0.1, 0.15) is 26.2 Å². The van der Waals surface area contributed by atoms with Crippen LogP contribution in [-0.2, 0) is 10.2 Å². The van der Waals surface area contributed by atoms with E-state index < -0.39 is 10.2 Å². The van der Waals surface area contributed by atoms with Crippen molar-refractivity contribution in [3.63, 3.8) is 0 Å². The van der Waals surface area contributed by atoms with Crippen molar-refractivity contribution in [3.8, 4) is 0 Å². The lowest BCUT2D eigenvalue weighted by atomic mass is 10.1. The summed E-state index contributed by atoms with van der Waals surface area (Å²) in [7, 11) is -3.28. The third-order valence-corrected chi connectivity index (χ3v) is 3.39. The fraction of sp³-hybridized carbons (Fsp3) is 1.00. The molecule has 5 nitrogen and oxygen atoms in total. The predicted molar refractivity (Wildman–Crippen MR) is 63.5 cm³/mol. The Morgan fingerprint density at radius 1 is 1.47 bits per heavy atom. The molecule has 15 heavy (non-hydrogen) atoms. The average Bonchev–Trinajstić information content (AvgIpc) is 2.16. The van der Waals surface area contributed by atoms with E-state index in [1.807, 2.05) is 6.92 Å². The largest absolute Gasteiger partial charge is 0.315 e. The van der Waals surface area contributed by atoms with Gasteiger partial charge < -0.3 is 5.32 Å². The van der Waals surface area contributed by atoms with Gasteiger partial charge in [0.2, 0.25) is 0 Å². The summed E-state index contributed by atoms with van der Waals surface area (Å²) in [5, 5.41) is 3.16. The first-order valence-corrected chi connectivity index (χ1v) is 6.60. The van der Waals surface area contributed by atoms with Gasteiger partial charge in [-0.25, -0.2) is 4.72 Å². The molecule has 7 heteroatoms. The third kappa shape index (κ3) is 6.32. The van der Waals surface area contributed by atoms with E-state index >= 15 is 0 Å². The van der Waals surface area contributed by atoms with Crippen LogP contribution in [0.2, 0.25) is 0 Å². The number of nitrogens with one attached hydrogen (secondary N) is 3. The maximum atomic E-state index is 11.4. The topological polar surface area (TPSA) is 70.2 Å². The minimum atomic E-state index is -3.28. The molecule has 1 aliphatic rings. The molecule has 1 heterocycles. The molecule has 1 aliphatic heterocycles. The van der Waals surface area contributed by atoms with Crippen molar-refractivity contribution in [3.05, 3.63) is 0 Å². The molecular weight excluding hydrogens is 238 g/mol. The SMILES string of the molecule is CCCNS(=O)(=O)NC1CCCNC1.Cl. The summed E-state index contributed by atoms with van der Waals surface area (Å²) in [6, 6.07) is 0.0399. The van der Waals surface area contributed by atoms with Crippen molar-refractivity contribution < 1.29 is 8.42 Å². The third-order valence-electron chi connectivity index (χ3n) is 2.16. The predicted octanol–water partition coefficient (Wildman–Crippen LogP) is -0.00580. The zero-order chi connectivity index (χ0) is 10.4. The minimum absolute atomic E-state index is 0. The molecule has 0 spiro atoms. The van der Waals surface area contributed by atoms with Crippen LogP contribution in [0.15, 0.2) is 0 Å². The highest BCUT2D eigenvalue weighted by molar-refractivity contribution is 7.87. The standard InChI is InChI=1S/C8H19N3O2S.ClH/c1-2-5-10-14(12,13)11-8-4-3-6-9-7-8;/h8-11H,2-7H2,1H3;1H. The normalized spacial score (nSPS) is 22.1. The van der Waals surface area contributed by atoms with Crippen molar-refractivity contribution >= 4 is 22.6 Å². The number of hydrogen-bond donors (Lipinski definition) is 3. The Bertz CT molecular complexity index is 253. The van der Waals surface area contributed by atoms with Crippen molar-refractivity contribution in [2.75, 3.05) is 19.6 Å². The Morgan fingerprint density at radius 2 is 2.20 bits per heavy atom. The molecule has 92 valence electrons. The molecule has 0 aromatic rings. The van der Waals surface area contributed by atoms with Gasteiger partial charge in [-0.2, -0.15) is 13.1 Å². The van der Waals surface area contributed by atoms with E-state index in [4.69, 9.17) is 0 Å². The summed E-state index contributed by atoms with van der Waals surface area (Å²) in [6.45, 7) is 4.15. The van der Waals surface area contributed by atoms with E-state index in [9.17, 15) is 8.42 Å². The molecule has 0 bridgehead atoms. The Labute approximate surface area is 98.0 Å². The van der Waals surface area contributed by atoms with Gasteiger partial charge in [-0.05, 0) is 25.8 Å². The molecule has 1 saturated heterocycles. The van der Waals surface area contributed by atoms with Crippen LogP contribution in [0.5, 0.6) is 0 Å². The first-order valence-electron chi connectivity index (χ1n) is 5.11. The van der Waals surface area contributed by atoms with Crippen molar-refractivity contribution in [2.24, 2.45) is 0 Å². The zero-order valence-corrected chi connectivity index (χ0v) is 10.6. The van der Waals surface area contributed by atoms with Gasteiger partial charge in [0.05, 0.1) is 0 Å². The minimum Gasteiger partial charge on any atom is -0.315 e. The van der Waals surface area contributed by atoms with Gasteiger partial charge in [-0.1, -0.05) is 6.92 Å². The van der Waals surface area contributed by atoms with E-state index in [2.05, 4.69) is 14.8 Å². The summed E-state index contributed by atoms with van der Waals surface area (Å²) in [4.78, 5) is 0. The fourth-order valence-corrected chi connectivity index (χ4v) is 2.65. The molecule has 1 rings (SSSR count). The van der Waals surface area contributed by atoms with Crippen LogP contribution in [0, 0.1) is 0 Å². The second-order valence-corrected chi connectivity index (χ2v) is 5.09. The number of piperidine rings is 1. The molecule has 0 amide bonds. The monoisotopic (exact) mass is 257 g/mol. The maximum absolute atomic E-state index is 11.4. The van der Waals surface area contributed by atoms with Crippen LogP contribution in [0.3, 0.4) is 0 Å². The van der Waals surface area contributed by atoms with Crippen molar-refractivity contribution in [2.45, 2.75) is 32.2 Å². The molecule has 0 aromatic carbocycles. The quantitative estimate of drug-likeness (QED) is 0.649. The van der Waals surface area contributed by atoms with Gasteiger partial charge in [-0.15, -0.1) is 12.4 Å². The average molecular weight is 258 g/mol. The Kier molecular flexibility index (Phi) is 7.46. The van der Waals surface area contributed by atoms with E-state index in [0.717, 1.165) is 32.4 Å². The van der Waals surface area contributed by atoms with Gasteiger partial charge >= 0.3 is 0 Å². The summed E-state index contributed by atoms with van der Waals surface area (Å²) < 4.78 is 27.9. The molecule has 1 atom stereocenters. The van der Waals surface area contributed by atoms with E-state index in [1.54, 1.807) is 0 Å². The lowest BCUT2D eigenvalue weighted by Crippen LogP contribution is -2.49. The molecule has 0 aliphatic carbocycles. The Hall–Kier alpha value is 0.120. The number of halogens is 1. The summed E-state index contributed by atoms with van der Waals surface area (Å²) >= 11 is 0. The molecule has 0 saturated carbocycles. The highest BCUT2D eigenvalue weighted by atomic mass is 35.5. The van der Waals surface area contributed by atoms with E-state index in [1.165, 1.54) is 0 Å². The van der Waals surface area contributed by atoms with Gasteiger partial charge in [0.25, 0.3) is 10.2 Å². The fourth-order valence-electron chi connectivity index (χ4n) is 1.45. The molecular formula is C8H20ClN3O2S. The van der Waals surface area contributed by atoms with Gasteiger partial charge in [0, 0.05) is 19.1 Å². The van der Waals surface area contributed by atoms with Crippen LogP contribution in [0.4, 0.5) is 0 Å². The highest BCUT2D eigenvalue weighted by Crippen LogP contribution is 2.01. The van der Waals surface area contributed by atoms with Gasteiger partial charge in [-0.3, -0.25) is 0 Å². The second kappa shape index (κ2) is 7.40. The highest BCUT2D eigenvalue weighted by Gasteiger charge is 2.18. The lowest BCUT2D eigenvalue weighted by Gasteiger charge is -2.23. The smallest absolute Gasteiger partial charge is 0.277 e. The Morgan fingerprint density at radius 3 is 2.73 bits per heavy atom. The molecule has 1 fully saturated rings. The molecule has 0 aromatic heterocycles. The van der Waals surface area contributed by atoms with Crippen LogP contribution < -0.4 is 14.8 Å². The lowest BCUT2D eigenvalue weighted by molar-refractivity contribution is 0.426. The van der Waals surface area contributed by atoms with Crippen LogP contribution in [0.25, 0.3) is 0 Å². The Balaban J connectivity index is 0.00000196. The summed E-state index contributed by atoms with van der Waals surface area (Å²) in [5.74, 6) is 0. The molecule has 1 unspecified atom stereocenters. The second-order valence-electron chi connectivity index (χ2n) is 3.56. The van der Waals surface area contributed by atoms with Crippen LogP contribution >= 0.6 is 12.4 Å². The van der Waals surface area contributed by atoms with E-state index in [-0.39, 0.29) is 18.4 Å². The van der Waals surface area contributed by atoms with Gasteiger partial charge in [0.1, 0.15) is 0 Å². The van der Waals surface area contributed by atoms with Crippen LogP contribution in [-0.4, -0.2) is 34.1 Å². The van der Waals surface area contributed by atoms with Crippen molar-refractivity contribution in [1.29, 1.82) is 0 Å². The first kappa shape index (κ1) is 15.1. The zero-order valence-electron chi connectivity index (χ0n) is 8.95. The maximum Gasteiger partial charge on any atom is 0.277 e. The van der Waals surface area contributed by atoms with E-state index in [0.29, 0.717) is 6.54 Å². The molecule has 0 radical (unpaired) electrons. The summed E-state index contributed by atoms with van der Waals surface area (Å²) in [5.41, 5.74) is 0.